The SMILES string of the molecule is CC(NC(=O)CCCc1cccs1)C1CCCNC1. The largest absolute Gasteiger partial charge is 0.353 e. The van der Waals surface area contributed by atoms with Gasteiger partial charge >= 0.3 is 0 Å². The van der Waals surface area contributed by atoms with Gasteiger partial charge in [-0.1, -0.05) is 6.07 Å². The molecule has 0 bridgehead atoms. The number of amides is 1. The maximum absolute atomic E-state index is 11.9. The summed E-state index contributed by atoms with van der Waals surface area (Å²) in [5.74, 6) is 0.796. The lowest BCUT2D eigenvalue weighted by atomic mass is 9.93. The Hall–Kier alpha value is -0.870. The van der Waals surface area contributed by atoms with E-state index in [1.807, 2.05) is 0 Å². The zero-order valence-electron chi connectivity index (χ0n) is 11.7. The summed E-state index contributed by atoms with van der Waals surface area (Å²) >= 11 is 1.77. The van der Waals surface area contributed by atoms with E-state index in [4.69, 9.17) is 0 Å². The molecular weight excluding hydrogens is 256 g/mol. The molecule has 0 aromatic carbocycles. The topological polar surface area (TPSA) is 41.1 Å². The number of carbonyl (C=O) groups excluding carboxylic acids is 1. The van der Waals surface area contributed by atoms with Crippen molar-refractivity contribution < 1.29 is 4.79 Å². The number of hydrogen-bond donors (Lipinski definition) is 2. The first-order chi connectivity index (χ1) is 9.25. The maximum Gasteiger partial charge on any atom is 0.220 e. The molecule has 3 nitrogen and oxygen atoms in total. The van der Waals surface area contributed by atoms with Crippen LogP contribution in [0.5, 0.6) is 0 Å². The molecule has 2 unspecified atom stereocenters. The fourth-order valence-electron chi connectivity index (χ4n) is 2.63. The number of hydrogen-bond acceptors (Lipinski definition) is 3. The molecule has 1 aromatic rings. The third kappa shape index (κ3) is 4.96. The summed E-state index contributed by atoms with van der Waals surface area (Å²) in [5.41, 5.74) is 0. The van der Waals surface area contributed by atoms with E-state index in [2.05, 4.69) is 35.1 Å². The Labute approximate surface area is 119 Å². The second kappa shape index (κ2) is 7.65. The van der Waals surface area contributed by atoms with Crippen molar-refractivity contribution in [3.8, 4) is 0 Å². The van der Waals surface area contributed by atoms with Crippen molar-refractivity contribution in [1.82, 2.24) is 10.6 Å². The van der Waals surface area contributed by atoms with Crippen LogP contribution in [0.4, 0.5) is 0 Å². The molecule has 19 heavy (non-hydrogen) atoms. The second-order valence-corrected chi connectivity index (χ2v) is 6.43. The molecule has 1 saturated heterocycles. The number of nitrogens with one attached hydrogen (secondary N) is 2. The molecule has 0 radical (unpaired) electrons. The van der Waals surface area contributed by atoms with Crippen molar-refractivity contribution in [1.29, 1.82) is 0 Å². The van der Waals surface area contributed by atoms with Crippen LogP contribution in [0.1, 0.15) is 37.5 Å². The molecule has 2 N–H and O–H groups in total. The zero-order chi connectivity index (χ0) is 13.5. The first-order valence-corrected chi connectivity index (χ1v) is 8.16. The highest BCUT2D eigenvalue weighted by Crippen LogP contribution is 2.15. The van der Waals surface area contributed by atoms with Crippen molar-refractivity contribution in [2.75, 3.05) is 13.1 Å². The number of carbonyl (C=O) groups is 1. The van der Waals surface area contributed by atoms with Gasteiger partial charge in [0.1, 0.15) is 0 Å². The highest BCUT2D eigenvalue weighted by molar-refractivity contribution is 7.09. The van der Waals surface area contributed by atoms with E-state index < -0.39 is 0 Å². The van der Waals surface area contributed by atoms with E-state index in [-0.39, 0.29) is 5.91 Å². The number of piperidine rings is 1. The Morgan fingerprint density at radius 3 is 3.21 bits per heavy atom. The van der Waals surface area contributed by atoms with Crippen molar-refractivity contribution in [2.24, 2.45) is 5.92 Å². The molecule has 2 heterocycles. The summed E-state index contributed by atoms with van der Waals surface area (Å²) in [5, 5.41) is 8.65. The fourth-order valence-corrected chi connectivity index (χ4v) is 3.38. The third-order valence-electron chi connectivity index (χ3n) is 3.84. The quantitative estimate of drug-likeness (QED) is 0.841. The summed E-state index contributed by atoms with van der Waals surface area (Å²) in [6.07, 6.45) is 5.06. The summed E-state index contributed by atoms with van der Waals surface area (Å²) < 4.78 is 0. The predicted molar refractivity (Wildman–Crippen MR) is 80.5 cm³/mol. The summed E-state index contributed by atoms with van der Waals surface area (Å²) in [6.45, 7) is 4.30. The van der Waals surface area contributed by atoms with Gasteiger partial charge in [-0.2, -0.15) is 0 Å². The van der Waals surface area contributed by atoms with Crippen molar-refractivity contribution in [3.63, 3.8) is 0 Å². The van der Waals surface area contributed by atoms with E-state index in [1.165, 1.54) is 17.7 Å². The van der Waals surface area contributed by atoms with Crippen molar-refractivity contribution in [2.45, 2.75) is 45.1 Å². The van der Waals surface area contributed by atoms with Crippen molar-refractivity contribution >= 4 is 17.2 Å². The van der Waals surface area contributed by atoms with Gasteiger partial charge in [-0.15, -0.1) is 11.3 Å². The van der Waals surface area contributed by atoms with Gasteiger partial charge in [-0.3, -0.25) is 4.79 Å². The molecular formula is C15H24N2OS. The van der Waals surface area contributed by atoms with Gasteiger partial charge in [-0.05, 0) is 63.1 Å². The lowest BCUT2D eigenvalue weighted by Gasteiger charge is -2.28. The van der Waals surface area contributed by atoms with E-state index >= 15 is 0 Å². The standard InChI is InChI=1S/C15H24N2OS/c1-12(13-5-3-9-16-11-13)17-15(18)8-2-6-14-7-4-10-19-14/h4,7,10,12-13,16H,2-3,5-6,8-9,11H2,1H3,(H,17,18). The fraction of sp³-hybridized carbons (Fsp3) is 0.667. The number of rotatable bonds is 6. The van der Waals surface area contributed by atoms with Crippen LogP contribution < -0.4 is 10.6 Å². The molecule has 0 saturated carbocycles. The maximum atomic E-state index is 11.9. The Morgan fingerprint density at radius 1 is 1.63 bits per heavy atom. The van der Waals surface area contributed by atoms with E-state index in [0.29, 0.717) is 18.4 Å². The first-order valence-electron chi connectivity index (χ1n) is 7.28. The molecule has 1 amide bonds. The van der Waals surface area contributed by atoms with Gasteiger partial charge in [0, 0.05) is 17.3 Å². The third-order valence-corrected chi connectivity index (χ3v) is 4.77. The van der Waals surface area contributed by atoms with E-state index in [1.54, 1.807) is 11.3 Å². The van der Waals surface area contributed by atoms with Gasteiger partial charge in [0.05, 0.1) is 0 Å². The Morgan fingerprint density at radius 2 is 2.53 bits per heavy atom. The first kappa shape index (κ1) is 14.5. The van der Waals surface area contributed by atoms with Crippen LogP contribution in [0.25, 0.3) is 0 Å². The lowest BCUT2D eigenvalue weighted by molar-refractivity contribution is -0.122. The van der Waals surface area contributed by atoms with Crippen LogP contribution in [0.2, 0.25) is 0 Å². The summed E-state index contributed by atoms with van der Waals surface area (Å²) in [6, 6.07) is 4.50. The van der Waals surface area contributed by atoms with Crippen LogP contribution in [0.3, 0.4) is 0 Å². The second-order valence-electron chi connectivity index (χ2n) is 5.40. The predicted octanol–water partition coefficient (Wildman–Crippen LogP) is 2.58. The zero-order valence-corrected chi connectivity index (χ0v) is 12.5. The minimum atomic E-state index is 0.203. The Balaban J connectivity index is 1.63. The molecule has 1 fully saturated rings. The average Bonchev–Trinajstić information content (AvgIpc) is 2.93. The van der Waals surface area contributed by atoms with Gasteiger partial charge in [0.2, 0.25) is 5.91 Å². The highest BCUT2D eigenvalue weighted by atomic mass is 32.1. The van der Waals surface area contributed by atoms with E-state index in [0.717, 1.165) is 25.9 Å². The minimum absolute atomic E-state index is 0.203. The molecule has 0 spiro atoms. The Kier molecular flexibility index (Phi) is 5.86. The van der Waals surface area contributed by atoms with Gasteiger partial charge in [0.15, 0.2) is 0 Å². The van der Waals surface area contributed by atoms with Gasteiger partial charge in [-0.25, -0.2) is 0 Å². The summed E-state index contributed by atoms with van der Waals surface area (Å²) in [7, 11) is 0. The molecule has 2 rings (SSSR count). The smallest absolute Gasteiger partial charge is 0.220 e. The van der Waals surface area contributed by atoms with Crippen LogP contribution in [-0.4, -0.2) is 25.0 Å². The molecule has 1 aliphatic heterocycles. The molecule has 1 aromatic heterocycles. The molecule has 4 heteroatoms. The highest BCUT2D eigenvalue weighted by Gasteiger charge is 2.20. The Bertz CT molecular complexity index is 372. The van der Waals surface area contributed by atoms with Crippen LogP contribution in [0.15, 0.2) is 17.5 Å². The number of thiophene rings is 1. The number of aryl methyl sites for hydroxylation is 1. The van der Waals surface area contributed by atoms with Gasteiger partial charge < -0.3 is 10.6 Å². The summed E-state index contributed by atoms with van der Waals surface area (Å²) in [4.78, 5) is 13.3. The molecule has 1 aliphatic rings. The average molecular weight is 280 g/mol. The van der Waals surface area contributed by atoms with Crippen LogP contribution >= 0.6 is 11.3 Å². The van der Waals surface area contributed by atoms with E-state index in [9.17, 15) is 4.79 Å². The minimum Gasteiger partial charge on any atom is -0.353 e. The van der Waals surface area contributed by atoms with Crippen LogP contribution in [-0.2, 0) is 11.2 Å². The normalized spacial score (nSPS) is 21.0. The van der Waals surface area contributed by atoms with Crippen LogP contribution in [0, 0.1) is 5.92 Å². The monoisotopic (exact) mass is 280 g/mol. The molecule has 2 atom stereocenters. The lowest BCUT2D eigenvalue weighted by Crippen LogP contribution is -2.44. The van der Waals surface area contributed by atoms with Crippen molar-refractivity contribution in [3.05, 3.63) is 22.4 Å². The molecule has 0 aliphatic carbocycles. The molecule has 106 valence electrons. The van der Waals surface area contributed by atoms with Gasteiger partial charge in [0.25, 0.3) is 0 Å².